The Bertz CT molecular complexity index is 1370. The van der Waals surface area contributed by atoms with Crippen LogP contribution in [0.25, 0.3) is 33.3 Å². The number of hydrogen-bond donors (Lipinski definition) is 3. The van der Waals surface area contributed by atoms with E-state index in [1.165, 1.54) is 6.07 Å². The van der Waals surface area contributed by atoms with Crippen LogP contribution in [-0.2, 0) is 16.1 Å². The van der Waals surface area contributed by atoms with Crippen molar-refractivity contribution in [2.75, 3.05) is 13.2 Å². The van der Waals surface area contributed by atoms with Crippen molar-refractivity contribution in [3.63, 3.8) is 0 Å². The molecule has 0 bridgehead atoms. The third-order valence-corrected chi connectivity index (χ3v) is 6.54. The molecule has 4 atom stereocenters. The summed E-state index contributed by atoms with van der Waals surface area (Å²) in [6.45, 7) is 0.318. The summed E-state index contributed by atoms with van der Waals surface area (Å²) in [6.07, 6.45) is -2.16. The third kappa shape index (κ3) is 3.86. The maximum Gasteiger partial charge on any atom is 0.295 e. The van der Waals surface area contributed by atoms with Gasteiger partial charge in [-0.25, -0.2) is 8.78 Å². The van der Waals surface area contributed by atoms with Gasteiger partial charge in [0.15, 0.2) is 11.9 Å². The molecular weight excluding hydrogens is 458 g/mol. The van der Waals surface area contributed by atoms with Gasteiger partial charge in [0.1, 0.15) is 29.6 Å². The number of halogens is 2. The van der Waals surface area contributed by atoms with E-state index in [-0.39, 0.29) is 42.4 Å². The molecule has 2 aliphatic heterocycles. The summed E-state index contributed by atoms with van der Waals surface area (Å²) < 4.78 is 47.3. The maximum absolute atomic E-state index is 15.4. The first-order valence-electron chi connectivity index (χ1n) is 11.3. The molecule has 9 heteroatoms. The van der Waals surface area contributed by atoms with E-state index >= 15 is 4.39 Å². The van der Waals surface area contributed by atoms with Crippen LogP contribution < -0.4 is 4.74 Å². The number of nitrogens with zero attached hydrogens (tertiary/aromatic N) is 1. The summed E-state index contributed by atoms with van der Waals surface area (Å²) in [5.41, 5.74) is 2.94. The number of rotatable bonds is 5. The van der Waals surface area contributed by atoms with Gasteiger partial charge in [-0.3, -0.25) is 0 Å². The Morgan fingerprint density at radius 3 is 2.31 bits per heavy atom. The Hall–Kier alpha value is -3.37. The van der Waals surface area contributed by atoms with Crippen LogP contribution in [0.15, 0.2) is 54.6 Å². The Balaban J connectivity index is 1.28. The lowest BCUT2D eigenvalue weighted by atomic mass is 9.98. The lowest BCUT2D eigenvalue weighted by Crippen LogP contribution is -2.34. The minimum absolute atomic E-state index is 0.0244. The van der Waals surface area contributed by atoms with Crippen LogP contribution in [0.5, 0.6) is 6.01 Å². The fraction of sp³-hybridized carbons (Fsp3) is 0.269. The second-order valence-corrected chi connectivity index (χ2v) is 8.74. The van der Waals surface area contributed by atoms with E-state index in [9.17, 15) is 14.6 Å². The van der Waals surface area contributed by atoms with Crippen molar-refractivity contribution in [1.82, 2.24) is 9.97 Å². The lowest BCUT2D eigenvalue weighted by molar-refractivity contribution is 0.00706. The Labute approximate surface area is 198 Å². The summed E-state index contributed by atoms with van der Waals surface area (Å²) in [6, 6.07) is 15.5. The first kappa shape index (κ1) is 22.1. The van der Waals surface area contributed by atoms with E-state index < -0.39 is 36.1 Å². The number of hydrogen-bond acceptors (Lipinski definition) is 6. The van der Waals surface area contributed by atoms with E-state index in [1.807, 2.05) is 24.3 Å². The standard InChI is InChI=1S/C26H22F2N2O5/c27-17-9-18-23(30-26(29-18)35-20-12-34-24-19(32)11-33-25(20)24)22(28)21(17)16-7-5-15(6-8-16)14-3-1-13(10-31)2-4-14/h1-9,19-20,24-25,31-32H,10-12H2,(H,29,30). The van der Waals surface area contributed by atoms with Crippen LogP contribution in [0.1, 0.15) is 5.56 Å². The molecule has 7 nitrogen and oxygen atoms in total. The van der Waals surface area contributed by atoms with Gasteiger partial charge in [-0.05, 0) is 22.3 Å². The Morgan fingerprint density at radius 2 is 1.60 bits per heavy atom. The van der Waals surface area contributed by atoms with Crippen LogP contribution in [0.3, 0.4) is 0 Å². The zero-order chi connectivity index (χ0) is 24.1. The molecule has 4 unspecified atom stereocenters. The number of aromatic nitrogens is 2. The van der Waals surface area contributed by atoms with E-state index in [0.717, 1.165) is 16.7 Å². The van der Waals surface area contributed by atoms with Gasteiger partial charge in [0.2, 0.25) is 0 Å². The molecule has 2 aliphatic rings. The number of aliphatic hydroxyl groups is 2. The van der Waals surface area contributed by atoms with Gasteiger partial charge in [-0.1, -0.05) is 48.5 Å². The third-order valence-electron chi connectivity index (χ3n) is 6.54. The minimum atomic E-state index is -0.792. The zero-order valence-corrected chi connectivity index (χ0v) is 18.4. The summed E-state index contributed by atoms with van der Waals surface area (Å²) >= 11 is 0. The molecule has 180 valence electrons. The van der Waals surface area contributed by atoms with Gasteiger partial charge in [-0.2, -0.15) is 4.98 Å². The molecule has 0 saturated carbocycles. The highest BCUT2D eigenvalue weighted by atomic mass is 19.1. The van der Waals surface area contributed by atoms with Gasteiger partial charge >= 0.3 is 0 Å². The molecule has 2 fully saturated rings. The van der Waals surface area contributed by atoms with Gasteiger partial charge < -0.3 is 29.4 Å². The van der Waals surface area contributed by atoms with E-state index in [4.69, 9.17) is 14.2 Å². The molecule has 4 aromatic rings. The molecule has 3 N–H and O–H groups in total. The molecule has 0 spiro atoms. The van der Waals surface area contributed by atoms with Gasteiger partial charge in [0, 0.05) is 6.07 Å². The van der Waals surface area contributed by atoms with Gasteiger partial charge in [-0.15, -0.1) is 0 Å². The highest BCUT2D eigenvalue weighted by molar-refractivity contribution is 5.84. The van der Waals surface area contributed by atoms with Crippen molar-refractivity contribution in [3.8, 4) is 28.3 Å². The van der Waals surface area contributed by atoms with Crippen molar-refractivity contribution in [3.05, 3.63) is 71.8 Å². The maximum atomic E-state index is 15.4. The molecule has 35 heavy (non-hydrogen) atoms. The average Bonchev–Trinajstić information content (AvgIpc) is 3.57. The minimum Gasteiger partial charge on any atom is -0.456 e. The number of H-pyrrole nitrogens is 1. The molecule has 3 aromatic carbocycles. The van der Waals surface area contributed by atoms with Crippen molar-refractivity contribution in [2.45, 2.75) is 31.0 Å². The molecule has 3 heterocycles. The molecule has 0 amide bonds. The van der Waals surface area contributed by atoms with E-state index in [1.54, 1.807) is 24.3 Å². The van der Waals surface area contributed by atoms with E-state index in [0.29, 0.717) is 5.56 Å². The van der Waals surface area contributed by atoms with Crippen LogP contribution in [0, 0.1) is 11.6 Å². The second-order valence-electron chi connectivity index (χ2n) is 8.74. The van der Waals surface area contributed by atoms with Crippen molar-refractivity contribution in [1.29, 1.82) is 0 Å². The topological polar surface area (TPSA) is 96.8 Å². The number of aromatic amines is 1. The number of aliphatic hydroxyl groups excluding tert-OH is 2. The highest BCUT2D eigenvalue weighted by Crippen LogP contribution is 2.34. The fourth-order valence-electron chi connectivity index (χ4n) is 4.70. The molecule has 0 aliphatic carbocycles. The highest BCUT2D eigenvalue weighted by Gasteiger charge is 2.48. The smallest absolute Gasteiger partial charge is 0.295 e. The predicted molar refractivity (Wildman–Crippen MR) is 123 cm³/mol. The second kappa shape index (κ2) is 8.69. The summed E-state index contributed by atoms with van der Waals surface area (Å²) in [4.78, 5) is 7.01. The van der Waals surface area contributed by atoms with E-state index in [2.05, 4.69) is 9.97 Å². The fourth-order valence-corrected chi connectivity index (χ4v) is 4.70. The van der Waals surface area contributed by atoms with Crippen molar-refractivity contribution in [2.24, 2.45) is 0 Å². The quantitative estimate of drug-likeness (QED) is 0.404. The van der Waals surface area contributed by atoms with Gasteiger partial charge in [0.25, 0.3) is 6.01 Å². The number of fused-ring (bicyclic) bond motifs is 2. The molecule has 6 rings (SSSR count). The number of nitrogens with one attached hydrogen (secondary N) is 1. The summed E-state index contributed by atoms with van der Waals surface area (Å²) in [5.74, 6) is -1.52. The molecular formula is C26H22F2N2O5. The zero-order valence-electron chi connectivity index (χ0n) is 18.4. The number of benzene rings is 3. The monoisotopic (exact) mass is 480 g/mol. The molecule has 2 saturated heterocycles. The Kier molecular flexibility index (Phi) is 5.49. The number of imidazole rings is 1. The van der Waals surface area contributed by atoms with Crippen LogP contribution >= 0.6 is 0 Å². The molecule has 0 radical (unpaired) electrons. The SMILES string of the molecule is OCc1ccc(-c2ccc(-c3c(F)cc4[nH]c(OC5COC6C(O)COC56)nc4c3F)cc2)cc1. The summed E-state index contributed by atoms with van der Waals surface area (Å²) in [7, 11) is 0. The average molecular weight is 480 g/mol. The van der Waals surface area contributed by atoms with Crippen LogP contribution in [0.4, 0.5) is 8.78 Å². The molecule has 1 aromatic heterocycles. The van der Waals surface area contributed by atoms with Crippen LogP contribution in [0.2, 0.25) is 0 Å². The first-order valence-corrected chi connectivity index (χ1v) is 11.3. The van der Waals surface area contributed by atoms with Crippen LogP contribution in [-0.4, -0.2) is 57.8 Å². The largest absolute Gasteiger partial charge is 0.456 e. The predicted octanol–water partition coefficient (Wildman–Crippen LogP) is 3.57. The van der Waals surface area contributed by atoms with Gasteiger partial charge in [0.05, 0.1) is 30.9 Å². The number of ether oxygens (including phenoxy) is 3. The summed E-state index contributed by atoms with van der Waals surface area (Å²) in [5, 5.41) is 19.1. The van der Waals surface area contributed by atoms with Crippen molar-refractivity contribution >= 4 is 11.0 Å². The Morgan fingerprint density at radius 1 is 0.943 bits per heavy atom. The van der Waals surface area contributed by atoms with Crippen molar-refractivity contribution < 1.29 is 33.2 Å². The lowest BCUT2D eigenvalue weighted by Gasteiger charge is -2.15. The normalized spacial score (nSPS) is 23.7. The first-order chi connectivity index (χ1) is 17.0.